The molecule has 7 heteroatoms. The summed E-state index contributed by atoms with van der Waals surface area (Å²) in [5.41, 5.74) is 5.69. The number of carbonyl (C=O) groups is 1. The summed E-state index contributed by atoms with van der Waals surface area (Å²) in [6.07, 6.45) is 2.66. The van der Waals surface area contributed by atoms with Crippen molar-refractivity contribution >= 4 is 34.1 Å². The van der Waals surface area contributed by atoms with Crippen LogP contribution in [0.2, 0.25) is 0 Å². The van der Waals surface area contributed by atoms with E-state index < -0.39 is 6.04 Å². The van der Waals surface area contributed by atoms with E-state index in [2.05, 4.69) is 15.5 Å². The molecule has 0 aliphatic rings. The summed E-state index contributed by atoms with van der Waals surface area (Å²) in [6.45, 7) is 1.83. The van der Waals surface area contributed by atoms with E-state index in [9.17, 15) is 4.79 Å². The van der Waals surface area contributed by atoms with E-state index in [4.69, 9.17) is 5.73 Å². The van der Waals surface area contributed by atoms with Gasteiger partial charge in [-0.25, -0.2) is 0 Å². The molecule has 0 spiro atoms. The van der Waals surface area contributed by atoms with Gasteiger partial charge in [-0.2, -0.15) is 11.8 Å². The molecule has 1 heterocycles. The molecule has 0 radical (unpaired) electrons. The average molecular weight is 246 g/mol. The zero-order valence-corrected chi connectivity index (χ0v) is 10.3. The van der Waals surface area contributed by atoms with Gasteiger partial charge in [0, 0.05) is 0 Å². The monoisotopic (exact) mass is 246 g/mol. The standard InChI is InChI=1S/C8H14N4OS2/c1-5-11-12-8(15-5)10-7(13)6(9)3-4-14-2/h6H,3-4,9H2,1-2H3,(H,10,12,13)/t6-/m1/s1. The predicted octanol–water partition coefficient (Wildman–Crippen LogP) is 0.865. The molecule has 0 aromatic carbocycles. The molecule has 0 unspecified atom stereocenters. The van der Waals surface area contributed by atoms with E-state index in [-0.39, 0.29) is 5.91 Å². The molecule has 0 aliphatic heterocycles. The summed E-state index contributed by atoms with van der Waals surface area (Å²) < 4.78 is 0. The van der Waals surface area contributed by atoms with Crippen molar-refractivity contribution in [2.75, 3.05) is 17.3 Å². The number of hydrogen-bond acceptors (Lipinski definition) is 6. The first-order valence-electron chi connectivity index (χ1n) is 4.49. The van der Waals surface area contributed by atoms with Crippen LogP contribution in [0.25, 0.3) is 0 Å². The average Bonchev–Trinajstić information content (AvgIpc) is 2.60. The number of anilines is 1. The van der Waals surface area contributed by atoms with Crippen LogP contribution in [-0.4, -0.2) is 34.2 Å². The van der Waals surface area contributed by atoms with Crippen LogP contribution < -0.4 is 11.1 Å². The highest BCUT2D eigenvalue weighted by atomic mass is 32.2. The fourth-order valence-corrected chi connectivity index (χ4v) is 2.01. The predicted molar refractivity (Wildman–Crippen MR) is 64.3 cm³/mol. The Morgan fingerprint density at radius 1 is 1.67 bits per heavy atom. The van der Waals surface area contributed by atoms with Gasteiger partial charge < -0.3 is 5.73 Å². The van der Waals surface area contributed by atoms with E-state index in [1.54, 1.807) is 11.8 Å². The second kappa shape index (κ2) is 6.04. The smallest absolute Gasteiger partial charge is 0.243 e. The van der Waals surface area contributed by atoms with Gasteiger partial charge >= 0.3 is 0 Å². The van der Waals surface area contributed by atoms with E-state index in [1.807, 2.05) is 13.2 Å². The molecule has 0 saturated heterocycles. The molecule has 1 atom stereocenters. The van der Waals surface area contributed by atoms with Crippen molar-refractivity contribution < 1.29 is 4.79 Å². The number of rotatable bonds is 5. The van der Waals surface area contributed by atoms with E-state index >= 15 is 0 Å². The number of thioether (sulfide) groups is 1. The number of nitrogens with one attached hydrogen (secondary N) is 1. The van der Waals surface area contributed by atoms with Gasteiger partial charge in [0.2, 0.25) is 11.0 Å². The Morgan fingerprint density at radius 2 is 2.40 bits per heavy atom. The summed E-state index contributed by atoms with van der Waals surface area (Å²) in [4.78, 5) is 11.5. The molecule has 84 valence electrons. The van der Waals surface area contributed by atoms with Crippen LogP contribution in [0.5, 0.6) is 0 Å². The normalized spacial score (nSPS) is 12.5. The second-order valence-corrected chi connectivity index (χ2v) is 5.17. The van der Waals surface area contributed by atoms with Crippen LogP contribution in [0.4, 0.5) is 5.13 Å². The van der Waals surface area contributed by atoms with Gasteiger partial charge in [0.1, 0.15) is 5.01 Å². The highest BCUT2D eigenvalue weighted by Gasteiger charge is 2.14. The lowest BCUT2D eigenvalue weighted by Crippen LogP contribution is -2.36. The summed E-state index contributed by atoms with van der Waals surface area (Å²) in [7, 11) is 0. The zero-order chi connectivity index (χ0) is 11.3. The van der Waals surface area contributed by atoms with Crippen LogP contribution in [0.3, 0.4) is 0 Å². The molecule has 15 heavy (non-hydrogen) atoms. The van der Waals surface area contributed by atoms with E-state index in [0.29, 0.717) is 11.6 Å². The minimum absolute atomic E-state index is 0.194. The van der Waals surface area contributed by atoms with Crippen molar-refractivity contribution in [3.8, 4) is 0 Å². The lowest BCUT2D eigenvalue weighted by atomic mass is 10.2. The number of aryl methyl sites for hydroxylation is 1. The van der Waals surface area contributed by atoms with Crippen LogP contribution in [-0.2, 0) is 4.79 Å². The van der Waals surface area contributed by atoms with Gasteiger partial charge in [-0.3, -0.25) is 10.1 Å². The number of hydrogen-bond donors (Lipinski definition) is 2. The fourth-order valence-electron chi connectivity index (χ4n) is 0.921. The number of carbonyl (C=O) groups excluding carboxylic acids is 1. The Hall–Kier alpha value is -0.660. The molecule has 1 aromatic heterocycles. The Kier molecular flexibility index (Phi) is 5.00. The quantitative estimate of drug-likeness (QED) is 0.805. The van der Waals surface area contributed by atoms with Crippen molar-refractivity contribution in [3.63, 3.8) is 0 Å². The van der Waals surface area contributed by atoms with Gasteiger partial charge in [-0.1, -0.05) is 11.3 Å². The summed E-state index contributed by atoms with van der Waals surface area (Å²) >= 11 is 3.01. The number of nitrogens with two attached hydrogens (primary N) is 1. The Morgan fingerprint density at radius 3 is 2.93 bits per heavy atom. The molecular formula is C8H14N4OS2. The first-order chi connectivity index (χ1) is 7.13. The number of aromatic nitrogens is 2. The largest absolute Gasteiger partial charge is 0.320 e. The highest BCUT2D eigenvalue weighted by Crippen LogP contribution is 2.13. The van der Waals surface area contributed by atoms with Gasteiger partial charge in [0.05, 0.1) is 6.04 Å². The van der Waals surface area contributed by atoms with Crippen molar-refractivity contribution in [1.29, 1.82) is 0 Å². The van der Waals surface area contributed by atoms with Gasteiger partial charge in [-0.15, -0.1) is 10.2 Å². The van der Waals surface area contributed by atoms with Gasteiger partial charge in [0.15, 0.2) is 0 Å². The maximum Gasteiger partial charge on any atom is 0.243 e. The Labute approximate surface area is 96.8 Å². The first kappa shape index (κ1) is 12.4. The third-order valence-corrected chi connectivity index (χ3v) is 3.12. The number of nitrogens with zero attached hydrogens (tertiary/aromatic N) is 2. The van der Waals surface area contributed by atoms with E-state index in [0.717, 1.165) is 10.8 Å². The molecule has 1 rings (SSSR count). The second-order valence-electron chi connectivity index (χ2n) is 3.00. The molecule has 3 N–H and O–H groups in total. The van der Waals surface area contributed by atoms with Crippen LogP contribution in [0, 0.1) is 6.92 Å². The molecule has 0 fully saturated rings. The zero-order valence-electron chi connectivity index (χ0n) is 8.69. The summed E-state index contributed by atoms with van der Waals surface area (Å²) in [6, 6.07) is -0.471. The van der Waals surface area contributed by atoms with Crippen molar-refractivity contribution in [2.45, 2.75) is 19.4 Å². The lowest BCUT2D eigenvalue weighted by molar-refractivity contribution is -0.117. The molecule has 1 aromatic rings. The lowest BCUT2D eigenvalue weighted by Gasteiger charge is -2.08. The molecule has 5 nitrogen and oxygen atoms in total. The summed E-state index contributed by atoms with van der Waals surface area (Å²) in [5.74, 6) is 0.684. The van der Waals surface area contributed by atoms with E-state index in [1.165, 1.54) is 11.3 Å². The minimum Gasteiger partial charge on any atom is -0.320 e. The Balaban J connectivity index is 2.41. The summed E-state index contributed by atoms with van der Waals surface area (Å²) in [5, 5.41) is 11.6. The molecule has 1 amide bonds. The van der Waals surface area contributed by atoms with Crippen molar-refractivity contribution in [2.24, 2.45) is 5.73 Å². The molecule has 0 bridgehead atoms. The SMILES string of the molecule is CSCC[C@@H](N)C(=O)Nc1nnc(C)s1. The topological polar surface area (TPSA) is 80.9 Å². The molecule has 0 aliphatic carbocycles. The first-order valence-corrected chi connectivity index (χ1v) is 6.70. The van der Waals surface area contributed by atoms with Crippen molar-refractivity contribution in [1.82, 2.24) is 10.2 Å². The van der Waals surface area contributed by atoms with Gasteiger partial charge in [0.25, 0.3) is 0 Å². The van der Waals surface area contributed by atoms with Crippen LogP contribution >= 0.6 is 23.1 Å². The molecular weight excluding hydrogens is 232 g/mol. The molecule has 0 saturated carbocycles. The Bertz CT molecular complexity index is 328. The highest BCUT2D eigenvalue weighted by molar-refractivity contribution is 7.98. The fraction of sp³-hybridized carbons (Fsp3) is 0.625. The van der Waals surface area contributed by atoms with Gasteiger partial charge in [-0.05, 0) is 25.4 Å². The van der Waals surface area contributed by atoms with Crippen LogP contribution in [0.15, 0.2) is 0 Å². The van der Waals surface area contributed by atoms with Crippen LogP contribution in [0.1, 0.15) is 11.4 Å². The maximum atomic E-state index is 11.5. The minimum atomic E-state index is -0.471. The third-order valence-electron chi connectivity index (χ3n) is 1.73. The van der Waals surface area contributed by atoms with Crippen molar-refractivity contribution in [3.05, 3.63) is 5.01 Å². The maximum absolute atomic E-state index is 11.5. The number of amides is 1. The third kappa shape index (κ3) is 4.15.